The Balaban J connectivity index is 2.08. The summed E-state index contributed by atoms with van der Waals surface area (Å²) in [7, 11) is 0. The molecule has 0 unspecified atom stereocenters. The molecule has 2 rings (SSSR count). The molecule has 0 saturated carbocycles. The predicted octanol–water partition coefficient (Wildman–Crippen LogP) is 3.31. The van der Waals surface area contributed by atoms with E-state index in [-0.39, 0.29) is 0 Å². The van der Waals surface area contributed by atoms with E-state index in [0.717, 1.165) is 16.2 Å². The van der Waals surface area contributed by atoms with Crippen LogP contribution >= 0.6 is 23.4 Å². The molecule has 19 heavy (non-hydrogen) atoms. The summed E-state index contributed by atoms with van der Waals surface area (Å²) in [6, 6.07) is 12.6. The fraction of sp³-hybridized carbons (Fsp3) is 0.0714. The van der Waals surface area contributed by atoms with Gasteiger partial charge in [-0.2, -0.15) is 0 Å². The fourth-order valence-corrected chi connectivity index (χ4v) is 2.89. The zero-order chi connectivity index (χ0) is 13.8. The number of primary amides is 1. The van der Waals surface area contributed by atoms with E-state index >= 15 is 0 Å². The summed E-state index contributed by atoms with van der Waals surface area (Å²) in [5, 5.41) is 0.652. The number of amides is 1. The Morgan fingerprint density at radius 3 is 2.42 bits per heavy atom. The number of hydrogen-bond donors (Lipinski definition) is 2. The van der Waals surface area contributed by atoms with Gasteiger partial charge in [-0.25, -0.2) is 0 Å². The van der Waals surface area contributed by atoms with Gasteiger partial charge in [0.2, 0.25) is 5.91 Å². The summed E-state index contributed by atoms with van der Waals surface area (Å²) >= 11 is 7.67. The lowest BCUT2D eigenvalue weighted by Crippen LogP contribution is -2.10. The first-order chi connectivity index (χ1) is 9.08. The molecule has 0 atom stereocenters. The van der Waals surface area contributed by atoms with Crippen LogP contribution < -0.4 is 11.5 Å². The van der Waals surface area contributed by atoms with Crippen LogP contribution in [0.1, 0.15) is 15.9 Å². The number of hydrogen-bond acceptors (Lipinski definition) is 3. The van der Waals surface area contributed by atoms with Crippen LogP contribution in [0, 0.1) is 0 Å². The van der Waals surface area contributed by atoms with Crippen molar-refractivity contribution >= 4 is 35.0 Å². The van der Waals surface area contributed by atoms with Crippen molar-refractivity contribution in [3.8, 4) is 0 Å². The third-order valence-corrected chi connectivity index (χ3v) is 4.27. The maximum atomic E-state index is 11.0. The number of carbonyl (C=O) groups is 1. The molecule has 0 aliphatic carbocycles. The van der Waals surface area contributed by atoms with Gasteiger partial charge in [-0.15, -0.1) is 11.8 Å². The first kappa shape index (κ1) is 13.8. The maximum Gasteiger partial charge on any atom is 0.248 e. The van der Waals surface area contributed by atoms with Crippen molar-refractivity contribution in [1.82, 2.24) is 0 Å². The molecule has 3 nitrogen and oxygen atoms in total. The molecular weight excluding hydrogens is 280 g/mol. The number of halogens is 1. The number of benzene rings is 2. The van der Waals surface area contributed by atoms with Crippen molar-refractivity contribution in [2.24, 2.45) is 5.73 Å². The molecule has 1 amide bonds. The minimum Gasteiger partial charge on any atom is -0.398 e. The molecule has 98 valence electrons. The van der Waals surface area contributed by atoms with Crippen molar-refractivity contribution in [2.75, 3.05) is 5.73 Å². The lowest BCUT2D eigenvalue weighted by molar-refractivity contribution is 0.100. The zero-order valence-corrected chi connectivity index (χ0v) is 11.7. The average Bonchev–Trinajstić information content (AvgIpc) is 2.38. The van der Waals surface area contributed by atoms with Crippen molar-refractivity contribution in [2.45, 2.75) is 10.6 Å². The Bertz CT molecular complexity index is 579. The van der Waals surface area contributed by atoms with Gasteiger partial charge in [-0.3, -0.25) is 4.79 Å². The minimum atomic E-state index is -0.422. The van der Waals surface area contributed by atoms with Crippen LogP contribution in [0.15, 0.2) is 47.4 Å². The molecule has 0 spiro atoms. The first-order valence-corrected chi connectivity index (χ1v) is 7.00. The normalized spacial score (nSPS) is 10.4. The van der Waals surface area contributed by atoms with Crippen molar-refractivity contribution in [1.29, 1.82) is 0 Å². The standard InChI is InChI=1S/C14H13ClN2OS/c15-11-2-1-3-12(16)13(11)19-8-9-4-6-10(7-5-9)14(17)18/h1-7H,8,16H2,(H2,17,18). The summed E-state index contributed by atoms with van der Waals surface area (Å²) < 4.78 is 0. The Kier molecular flexibility index (Phi) is 4.35. The van der Waals surface area contributed by atoms with Gasteiger partial charge in [-0.1, -0.05) is 29.8 Å². The summed E-state index contributed by atoms with van der Waals surface area (Å²) in [5.74, 6) is 0.307. The second-order valence-electron chi connectivity index (χ2n) is 4.01. The number of nitrogens with two attached hydrogens (primary N) is 2. The van der Waals surface area contributed by atoms with E-state index in [0.29, 0.717) is 16.3 Å². The summed E-state index contributed by atoms with van der Waals surface area (Å²) in [5.41, 5.74) is 13.3. The molecule has 0 heterocycles. The van der Waals surface area contributed by atoms with E-state index in [1.165, 1.54) is 0 Å². The number of thioether (sulfide) groups is 1. The van der Waals surface area contributed by atoms with E-state index < -0.39 is 5.91 Å². The average molecular weight is 293 g/mol. The molecular formula is C14H13ClN2OS. The molecule has 2 aromatic carbocycles. The van der Waals surface area contributed by atoms with E-state index in [1.807, 2.05) is 30.3 Å². The molecule has 2 aromatic rings. The lowest BCUT2D eigenvalue weighted by Gasteiger charge is -2.07. The molecule has 0 aliphatic heterocycles. The lowest BCUT2D eigenvalue weighted by atomic mass is 10.1. The second kappa shape index (κ2) is 5.99. The maximum absolute atomic E-state index is 11.0. The molecule has 4 N–H and O–H groups in total. The van der Waals surface area contributed by atoms with Crippen LogP contribution in [0.25, 0.3) is 0 Å². The fourth-order valence-electron chi connectivity index (χ4n) is 1.60. The van der Waals surface area contributed by atoms with Crippen LogP contribution in [0.5, 0.6) is 0 Å². The third kappa shape index (κ3) is 3.43. The van der Waals surface area contributed by atoms with Crippen LogP contribution in [0.2, 0.25) is 5.02 Å². The highest BCUT2D eigenvalue weighted by Gasteiger charge is 2.06. The van der Waals surface area contributed by atoms with Gasteiger partial charge in [0.25, 0.3) is 0 Å². The third-order valence-electron chi connectivity index (χ3n) is 2.62. The number of carbonyl (C=O) groups excluding carboxylic acids is 1. The van der Waals surface area contributed by atoms with E-state index in [2.05, 4.69) is 0 Å². The molecule has 0 radical (unpaired) electrons. The highest BCUT2D eigenvalue weighted by Crippen LogP contribution is 2.34. The van der Waals surface area contributed by atoms with Crippen molar-refractivity contribution in [3.05, 3.63) is 58.6 Å². The minimum absolute atomic E-state index is 0.422. The molecule has 0 bridgehead atoms. The number of anilines is 1. The van der Waals surface area contributed by atoms with Crippen LogP contribution in [0.3, 0.4) is 0 Å². The summed E-state index contributed by atoms with van der Waals surface area (Å²) in [6.07, 6.45) is 0. The largest absolute Gasteiger partial charge is 0.398 e. The van der Waals surface area contributed by atoms with Crippen LogP contribution in [0.4, 0.5) is 5.69 Å². The Hall–Kier alpha value is -1.65. The Morgan fingerprint density at radius 2 is 1.84 bits per heavy atom. The summed E-state index contributed by atoms with van der Waals surface area (Å²) in [4.78, 5) is 11.8. The molecule has 0 saturated heterocycles. The molecule has 0 aliphatic rings. The predicted molar refractivity (Wildman–Crippen MR) is 80.4 cm³/mol. The molecule has 5 heteroatoms. The quantitative estimate of drug-likeness (QED) is 0.671. The molecule has 0 fully saturated rings. The van der Waals surface area contributed by atoms with Gasteiger partial charge in [0.1, 0.15) is 0 Å². The van der Waals surface area contributed by atoms with Gasteiger partial charge >= 0.3 is 0 Å². The van der Waals surface area contributed by atoms with Gasteiger partial charge < -0.3 is 11.5 Å². The van der Waals surface area contributed by atoms with Gasteiger partial charge in [0.15, 0.2) is 0 Å². The smallest absolute Gasteiger partial charge is 0.248 e. The van der Waals surface area contributed by atoms with Crippen LogP contribution in [-0.2, 0) is 5.75 Å². The van der Waals surface area contributed by atoms with E-state index in [1.54, 1.807) is 23.9 Å². The molecule has 0 aromatic heterocycles. The van der Waals surface area contributed by atoms with Crippen LogP contribution in [-0.4, -0.2) is 5.91 Å². The highest BCUT2D eigenvalue weighted by molar-refractivity contribution is 7.98. The Labute approximate surface area is 120 Å². The van der Waals surface area contributed by atoms with Gasteiger partial charge in [0.05, 0.1) is 5.02 Å². The van der Waals surface area contributed by atoms with Crippen molar-refractivity contribution < 1.29 is 4.79 Å². The SMILES string of the molecule is NC(=O)c1ccc(CSc2c(N)cccc2Cl)cc1. The van der Waals surface area contributed by atoms with Gasteiger partial charge in [0, 0.05) is 21.9 Å². The summed E-state index contributed by atoms with van der Waals surface area (Å²) in [6.45, 7) is 0. The number of nitrogen functional groups attached to an aromatic ring is 1. The van der Waals surface area contributed by atoms with Gasteiger partial charge in [-0.05, 0) is 29.8 Å². The van der Waals surface area contributed by atoms with E-state index in [9.17, 15) is 4.79 Å². The number of rotatable bonds is 4. The first-order valence-electron chi connectivity index (χ1n) is 5.63. The van der Waals surface area contributed by atoms with Crippen molar-refractivity contribution in [3.63, 3.8) is 0 Å². The Morgan fingerprint density at radius 1 is 1.16 bits per heavy atom. The highest BCUT2D eigenvalue weighted by atomic mass is 35.5. The zero-order valence-electron chi connectivity index (χ0n) is 10.1. The topological polar surface area (TPSA) is 69.1 Å². The monoisotopic (exact) mass is 292 g/mol. The van der Waals surface area contributed by atoms with E-state index in [4.69, 9.17) is 23.1 Å². The second-order valence-corrected chi connectivity index (χ2v) is 5.40.